The van der Waals surface area contributed by atoms with Gasteiger partial charge in [-0.25, -0.2) is 4.39 Å². The predicted molar refractivity (Wildman–Crippen MR) is 70.9 cm³/mol. The third-order valence-corrected chi connectivity index (χ3v) is 3.30. The van der Waals surface area contributed by atoms with E-state index in [2.05, 4.69) is 15.9 Å². The molecule has 0 aliphatic heterocycles. The number of hydrogen-bond acceptors (Lipinski definition) is 2. The van der Waals surface area contributed by atoms with Crippen molar-refractivity contribution in [1.29, 1.82) is 0 Å². The van der Waals surface area contributed by atoms with E-state index in [0.29, 0.717) is 4.47 Å². The van der Waals surface area contributed by atoms with Crippen LogP contribution < -0.4 is 0 Å². The monoisotopic (exact) mass is 302 g/mol. The minimum absolute atomic E-state index is 0.137. The highest BCUT2D eigenvalue weighted by atomic mass is 79.9. The van der Waals surface area contributed by atoms with Gasteiger partial charge in [-0.15, -0.1) is 0 Å². The Kier molecular flexibility index (Phi) is 5.77. The van der Waals surface area contributed by atoms with Crippen LogP contribution in [0.1, 0.15) is 18.9 Å². The van der Waals surface area contributed by atoms with Gasteiger partial charge in [0.2, 0.25) is 0 Å². The highest BCUT2D eigenvalue weighted by Gasteiger charge is 1.97. The predicted octanol–water partition coefficient (Wildman–Crippen LogP) is 4.27. The second kappa shape index (κ2) is 6.86. The lowest BCUT2D eigenvalue weighted by Crippen LogP contribution is -1.83. The van der Waals surface area contributed by atoms with E-state index in [1.807, 2.05) is 12.2 Å². The van der Waals surface area contributed by atoms with Crippen molar-refractivity contribution in [2.24, 2.45) is 0 Å². The van der Waals surface area contributed by atoms with E-state index in [9.17, 15) is 9.18 Å². The highest BCUT2D eigenvalue weighted by Crippen LogP contribution is 2.17. The second-order valence-electron chi connectivity index (χ2n) is 3.20. The molecule has 0 fully saturated rings. The Morgan fingerprint density at radius 1 is 1.56 bits per heavy atom. The highest BCUT2D eigenvalue weighted by molar-refractivity contribution is 9.10. The fourth-order valence-corrected chi connectivity index (χ4v) is 2.04. The number of hydrogen-bond donors (Lipinski definition) is 0. The molecule has 1 aromatic carbocycles. The van der Waals surface area contributed by atoms with Crippen LogP contribution in [0.5, 0.6) is 0 Å². The van der Waals surface area contributed by atoms with E-state index in [0.717, 1.165) is 17.7 Å². The maximum Gasteiger partial charge on any atom is 0.185 e. The molecule has 0 heterocycles. The molecule has 1 aromatic rings. The van der Waals surface area contributed by atoms with Gasteiger partial charge in [0, 0.05) is 12.7 Å². The molecule has 0 amide bonds. The molecule has 16 heavy (non-hydrogen) atoms. The molecule has 0 aliphatic carbocycles. The minimum Gasteiger partial charge on any atom is -0.288 e. The quantitative estimate of drug-likeness (QED) is 0.773. The molecular formula is C12H12BrFOS. The molecule has 0 radical (unpaired) electrons. The van der Waals surface area contributed by atoms with Gasteiger partial charge in [0.25, 0.3) is 0 Å². The lowest BCUT2D eigenvalue weighted by Gasteiger charge is -1.97. The number of benzene rings is 1. The second-order valence-corrected chi connectivity index (χ2v) is 5.33. The summed E-state index contributed by atoms with van der Waals surface area (Å²) in [7, 11) is 0. The molecule has 4 heteroatoms. The molecule has 0 bridgehead atoms. The Morgan fingerprint density at radius 3 is 2.94 bits per heavy atom. The first-order chi connectivity index (χ1) is 7.59. The van der Waals surface area contributed by atoms with Crippen LogP contribution in [0, 0.1) is 5.82 Å². The SMILES string of the molecule is CC(=O)SCCC=Cc1ccc(F)c(Br)c1. The van der Waals surface area contributed by atoms with Crippen molar-refractivity contribution >= 4 is 38.9 Å². The van der Waals surface area contributed by atoms with Gasteiger partial charge >= 0.3 is 0 Å². The van der Waals surface area contributed by atoms with Crippen LogP contribution in [0.15, 0.2) is 28.7 Å². The fourth-order valence-electron chi connectivity index (χ4n) is 1.11. The number of carbonyl (C=O) groups is 1. The zero-order chi connectivity index (χ0) is 12.0. The van der Waals surface area contributed by atoms with E-state index in [1.54, 1.807) is 19.1 Å². The average Bonchev–Trinajstić information content (AvgIpc) is 2.22. The average molecular weight is 303 g/mol. The zero-order valence-electron chi connectivity index (χ0n) is 8.87. The van der Waals surface area contributed by atoms with Crippen LogP contribution in [-0.2, 0) is 4.79 Å². The summed E-state index contributed by atoms with van der Waals surface area (Å²) in [5.74, 6) is 0.526. The number of allylic oxidation sites excluding steroid dienone is 1. The van der Waals surface area contributed by atoms with Crippen LogP contribution in [-0.4, -0.2) is 10.9 Å². The van der Waals surface area contributed by atoms with Crippen LogP contribution in [0.4, 0.5) is 4.39 Å². The van der Waals surface area contributed by atoms with Crippen molar-refractivity contribution in [2.75, 3.05) is 5.75 Å². The summed E-state index contributed by atoms with van der Waals surface area (Å²) in [5, 5.41) is 0.137. The topological polar surface area (TPSA) is 17.1 Å². The summed E-state index contributed by atoms with van der Waals surface area (Å²) in [6, 6.07) is 4.87. The van der Waals surface area contributed by atoms with Gasteiger partial charge in [-0.2, -0.15) is 0 Å². The first-order valence-corrected chi connectivity index (χ1v) is 6.62. The van der Waals surface area contributed by atoms with Crippen molar-refractivity contribution in [3.63, 3.8) is 0 Å². The summed E-state index contributed by atoms with van der Waals surface area (Å²) < 4.78 is 13.4. The van der Waals surface area contributed by atoms with Crippen LogP contribution >= 0.6 is 27.7 Å². The molecule has 0 aliphatic rings. The van der Waals surface area contributed by atoms with E-state index in [1.165, 1.54) is 17.8 Å². The smallest absolute Gasteiger partial charge is 0.185 e. The first-order valence-electron chi connectivity index (χ1n) is 4.84. The van der Waals surface area contributed by atoms with Crippen molar-refractivity contribution in [3.05, 3.63) is 40.1 Å². The van der Waals surface area contributed by atoms with Crippen molar-refractivity contribution in [1.82, 2.24) is 0 Å². The fraction of sp³-hybridized carbons (Fsp3) is 0.250. The number of rotatable bonds is 4. The van der Waals surface area contributed by atoms with Crippen LogP contribution in [0.3, 0.4) is 0 Å². The molecule has 0 N–H and O–H groups in total. The molecule has 0 unspecified atom stereocenters. The largest absolute Gasteiger partial charge is 0.288 e. The molecule has 1 nitrogen and oxygen atoms in total. The summed E-state index contributed by atoms with van der Waals surface area (Å²) in [4.78, 5) is 10.7. The molecule has 86 valence electrons. The van der Waals surface area contributed by atoms with Gasteiger partial charge < -0.3 is 0 Å². The zero-order valence-corrected chi connectivity index (χ0v) is 11.3. The Hall–Kier alpha value is -0.610. The van der Waals surface area contributed by atoms with Gasteiger partial charge in [0.1, 0.15) is 5.82 Å². The normalized spacial score (nSPS) is 10.9. The van der Waals surface area contributed by atoms with E-state index < -0.39 is 0 Å². The molecule has 1 rings (SSSR count). The maximum atomic E-state index is 12.9. The van der Waals surface area contributed by atoms with E-state index >= 15 is 0 Å². The Labute approximate surface area is 107 Å². The van der Waals surface area contributed by atoms with Gasteiger partial charge in [-0.3, -0.25) is 4.79 Å². The summed E-state index contributed by atoms with van der Waals surface area (Å²) in [6.45, 7) is 1.56. The van der Waals surface area contributed by atoms with Crippen LogP contribution in [0.2, 0.25) is 0 Å². The van der Waals surface area contributed by atoms with Crippen molar-refractivity contribution in [2.45, 2.75) is 13.3 Å². The van der Waals surface area contributed by atoms with Crippen molar-refractivity contribution < 1.29 is 9.18 Å². The number of halogens is 2. The first kappa shape index (κ1) is 13.5. The van der Waals surface area contributed by atoms with E-state index in [4.69, 9.17) is 0 Å². The summed E-state index contributed by atoms with van der Waals surface area (Å²) in [5.41, 5.74) is 0.945. The van der Waals surface area contributed by atoms with Gasteiger partial charge in [-0.1, -0.05) is 30.0 Å². The van der Waals surface area contributed by atoms with E-state index in [-0.39, 0.29) is 10.9 Å². The van der Waals surface area contributed by atoms with Gasteiger partial charge in [-0.05, 0) is 40.0 Å². The summed E-state index contributed by atoms with van der Waals surface area (Å²) in [6.07, 6.45) is 4.74. The third-order valence-electron chi connectivity index (χ3n) is 1.84. The Morgan fingerprint density at radius 2 is 2.31 bits per heavy atom. The molecule has 0 saturated heterocycles. The Bertz CT molecular complexity index is 404. The maximum absolute atomic E-state index is 12.9. The minimum atomic E-state index is -0.260. The Balaban J connectivity index is 2.44. The van der Waals surface area contributed by atoms with Gasteiger partial charge in [0.05, 0.1) is 4.47 Å². The summed E-state index contributed by atoms with van der Waals surface area (Å²) >= 11 is 4.44. The standard InChI is InChI=1S/C12H12BrFOS/c1-9(15)16-7-3-2-4-10-5-6-12(14)11(13)8-10/h2,4-6,8H,3,7H2,1H3. The molecular weight excluding hydrogens is 291 g/mol. The number of thioether (sulfide) groups is 1. The van der Waals surface area contributed by atoms with Gasteiger partial charge in [0.15, 0.2) is 5.12 Å². The van der Waals surface area contributed by atoms with Crippen molar-refractivity contribution in [3.8, 4) is 0 Å². The molecule has 0 atom stereocenters. The lowest BCUT2D eigenvalue weighted by atomic mass is 10.2. The number of carbonyl (C=O) groups excluding carboxylic acids is 1. The molecule has 0 aromatic heterocycles. The third kappa shape index (κ3) is 4.94. The molecule has 0 saturated carbocycles. The molecule has 0 spiro atoms. The lowest BCUT2D eigenvalue weighted by molar-refractivity contribution is -0.109. The van der Waals surface area contributed by atoms with Crippen LogP contribution in [0.25, 0.3) is 6.08 Å².